The van der Waals surface area contributed by atoms with Crippen molar-refractivity contribution in [2.75, 3.05) is 32.1 Å². The lowest BCUT2D eigenvalue weighted by molar-refractivity contribution is 0.123. The number of hydrogen-bond acceptors (Lipinski definition) is 4. The second-order valence-corrected chi connectivity index (χ2v) is 7.59. The Morgan fingerprint density at radius 2 is 1.84 bits per heavy atom. The highest BCUT2D eigenvalue weighted by molar-refractivity contribution is 7.89. The summed E-state index contributed by atoms with van der Waals surface area (Å²) in [6.45, 7) is 2.79. The Morgan fingerprint density at radius 1 is 1.05 bits per heavy atom. The molecule has 19 heavy (non-hydrogen) atoms. The predicted molar refractivity (Wildman–Crippen MR) is 75.6 cm³/mol. The van der Waals surface area contributed by atoms with Crippen molar-refractivity contribution in [1.82, 2.24) is 10.0 Å². The van der Waals surface area contributed by atoms with Crippen LogP contribution in [0.1, 0.15) is 38.5 Å². The van der Waals surface area contributed by atoms with Crippen molar-refractivity contribution in [2.24, 2.45) is 5.92 Å². The molecule has 0 aromatic carbocycles. The Morgan fingerprint density at radius 3 is 2.53 bits per heavy atom. The van der Waals surface area contributed by atoms with E-state index < -0.39 is 10.0 Å². The minimum Gasteiger partial charge on any atom is -0.381 e. The molecule has 0 amide bonds. The lowest BCUT2D eigenvalue weighted by Gasteiger charge is -2.07. The van der Waals surface area contributed by atoms with Gasteiger partial charge in [0.05, 0.1) is 5.75 Å². The number of ether oxygens (including phenoxy) is 1. The Balaban J connectivity index is 1.40. The van der Waals surface area contributed by atoms with Gasteiger partial charge in [-0.05, 0) is 51.0 Å². The Labute approximate surface area is 116 Å². The van der Waals surface area contributed by atoms with E-state index in [0.717, 1.165) is 25.5 Å². The zero-order valence-corrected chi connectivity index (χ0v) is 12.4. The first kappa shape index (κ1) is 15.2. The van der Waals surface area contributed by atoms with Crippen LogP contribution in [0, 0.1) is 5.92 Å². The molecule has 2 N–H and O–H groups in total. The molecule has 2 saturated carbocycles. The van der Waals surface area contributed by atoms with E-state index in [1.807, 2.05) is 0 Å². The number of nitrogens with one attached hydrogen (secondary N) is 2. The Hall–Kier alpha value is -0.170. The molecule has 0 aliphatic heterocycles. The fourth-order valence-electron chi connectivity index (χ4n) is 1.86. The first-order chi connectivity index (χ1) is 9.16. The van der Waals surface area contributed by atoms with Gasteiger partial charge >= 0.3 is 0 Å². The van der Waals surface area contributed by atoms with Crippen molar-refractivity contribution in [3.8, 4) is 0 Å². The van der Waals surface area contributed by atoms with Crippen molar-refractivity contribution in [1.29, 1.82) is 0 Å². The third-order valence-electron chi connectivity index (χ3n) is 3.44. The van der Waals surface area contributed by atoms with Crippen LogP contribution in [0.25, 0.3) is 0 Å². The van der Waals surface area contributed by atoms with Gasteiger partial charge in [0.25, 0.3) is 0 Å². The molecule has 2 aliphatic carbocycles. The van der Waals surface area contributed by atoms with Crippen LogP contribution in [-0.2, 0) is 14.8 Å². The average molecular weight is 290 g/mol. The van der Waals surface area contributed by atoms with E-state index in [1.165, 1.54) is 25.7 Å². The largest absolute Gasteiger partial charge is 0.381 e. The molecule has 0 aromatic rings. The summed E-state index contributed by atoms with van der Waals surface area (Å²) in [7, 11) is -3.10. The topological polar surface area (TPSA) is 67.4 Å². The summed E-state index contributed by atoms with van der Waals surface area (Å²) in [5, 5.41) is 3.32. The second-order valence-electron chi connectivity index (χ2n) is 5.67. The first-order valence-electron chi connectivity index (χ1n) is 7.44. The molecule has 2 aliphatic rings. The van der Waals surface area contributed by atoms with Crippen LogP contribution in [-0.4, -0.2) is 46.5 Å². The molecule has 6 heteroatoms. The number of sulfonamides is 1. The number of rotatable bonds is 12. The maximum Gasteiger partial charge on any atom is 0.211 e. The van der Waals surface area contributed by atoms with E-state index in [4.69, 9.17) is 4.74 Å². The molecular weight excluding hydrogens is 264 g/mol. The van der Waals surface area contributed by atoms with Gasteiger partial charge in [-0.2, -0.15) is 0 Å². The highest BCUT2D eigenvalue weighted by Gasteiger charge is 2.21. The highest BCUT2D eigenvalue weighted by atomic mass is 32.2. The summed E-state index contributed by atoms with van der Waals surface area (Å²) in [5.74, 6) is 0.992. The molecule has 0 unspecified atom stereocenters. The van der Waals surface area contributed by atoms with Crippen molar-refractivity contribution in [2.45, 2.75) is 44.6 Å². The summed E-state index contributed by atoms with van der Waals surface area (Å²) in [5.41, 5.74) is 0. The van der Waals surface area contributed by atoms with E-state index >= 15 is 0 Å². The minimum absolute atomic E-state index is 0.218. The summed E-state index contributed by atoms with van der Waals surface area (Å²) in [4.78, 5) is 0. The monoisotopic (exact) mass is 290 g/mol. The summed E-state index contributed by atoms with van der Waals surface area (Å²) in [6.07, 6.45) is 6.51. The molecule has 2 fully saturated rings. The van der Waals surface area contributed by atoms with Crippen LogP contribution in [0.4, 0.5) is 0 Å². The quantitative estimate of drug-likeness (QED) is 0.523. The molecule has 0 heterocycles. The third-order valence-corrected chi connectivity index (χ3v) is 4.91. The van der Waals surface area contributed by atoms with E-state index in [2.05, 4.69) is 10.0 Å². The zero-order valence-electron chi connectivity index (χ0n) is 11.6. The molecule has 5 nitrogen and oxygen atoms in total. The fraction of sp³-hybridized carbons (Fsp3) is 1.00. The fourth-order valence-corrected chi connectivity index (χ4v) is 2.99. The SMILES string of the molecule is O=S(=O)(CCCNC1CC1)NCCCOCC1CC1. The summed E-state index contributed by atoms with van der Waals surface area (Å²) < 4.78 is 31.4. The maximum atomic E-state index is 11.7. The van der Waals surface area contributed by atoms with E-state index in [-0.39, 0.29) is 5.75 Å². The van der Waals surface area contributed by atoms with Gasteiger partial charge in [0, 0.05) is 25.8 Å². The van der Waals surface area contributed by atoms with Crippen molar-refractivity contribution in [3.63, 3.8) is 0 Å². The van der Waals surface area contributed by atoms with Gasteiger partial charge in [-0.25, -0.2) is 13.1 Å². The smallest absolute Gasteiger partial charge is 0.211 e. The van der Waals surface area contributed by atoms with Crippen LogP contribution in [0.3, 0.4) is 0 Å². The lowest BCUT2D eigenvalue weighted by Crippen LogP contribution is -2.30. The van der Waals surface area contributed by atoms with Crippen molar-refractivity contribution in [3.05, 3.63) is 0 Å². The highest BCUT2D eigenvalue weighted by Crippen LogP contribution is 2.28. The molecule has 0 radical (unpaired) electrons. The van der Waals surface area contributed by atoms with Crippen LogP contribution in [0.15, 0.2) is 0 Å². The van der Waals surface area contributed by atoms with Crippen LogP contribution in [0.2, 0.25) is 0 Å². The van der Waals surface area contributed by atoms with Crippen LogP contribution in [0.5, 0.6) is 0 Å². The van der Waals surface area contributed by atoms with Gasteiger partial charge in [0.1, 0.15) is 0 Å². The average Bonchev–Trinajstić information content (AvgIpc) is 3.24. The van der Waals surface area contributed by atoms with Gasteiger partial charge in [-0.1, -0.05) is 0 Å². The van der Waals surface area contributed by atoms with Crippen LogP contribution < -0.4 is 10.0 Å². The third kappa shape index (κ3) is 7.87. The Bertz CT molecular complexity index is 351. The van der Waals surface area contributed by atoms with E-state index in [1.54, 1.807) is 0 Å². The van der Waals surface area contributed by atoms with Crippen molar-refractivity contribution >= 4 is 10.0 Å². The summed E-state index contributed by atoms with van der Waals surface area (Å²) >= 11 is 0. The molecule has 0 spiro atoms. The van der Waals surface area contributed by atoms with Crippen molar-refractivity contribution < 1.29 is 13.2 Å². The van der Waals surface area contributed by atoms with Gasteiger partial charge in [0.2, 0.25) is 10.0 Å². The Kier molecular flexibility index (Phi) is 6.06. The van der Waals surface area contributed by atoms with Gasteiger partial charge in [-0.15, -0.1) is 0 Å². The standard InChI is InChI=1S/C13H26N2O3S/c16-19(17,10-2-7-14-13-5-6-13)15-8-1-9-18-11-12-3-4-12/h12-15H,1-11H2. The van der Waals surface area contributed by atoms with Gasteiger partial charge in [-0.3, -0.25) is 0 Å². The van der Waals surface area contributed by atoms with Crippen LogP contribution >= 0.6 is 0 Å². The molecule has 0 saturated heterocycles. The minimum atomic E-state index is -3.10. The first-order valence-corrected chi connectivity index (χ1v) is 9.09. The zero-order chi connectivity index (χ0) is 13.6. The molecule has 0 bridgehead atoms. The van der Waals surface area contributed by atoms with E-state index in [9.17, 15) is 8.42 Å². The number of hydrogen-bond donors (Lipinski definition) is 2. The molecule has 0 atom stereocenters. The maximum absolute atomic E-state index is 11.7. The molecule has 0 aromatic heterocycles. The predicted octanol–water partition coefficient (Wildman–Crippen LogP) is 0.865. The molecule has 112 valence electrons. The summed E-state index contributed by atoms with van der Waals surface area (Å²) in [6, 6.07) is 0.652. The normalized spacial score (nSPS) is 19.8. The molecule has 2 rings (SSSR count). The van der Waals surface area contributed by atoms with Gasteiger partial charge in [0.15, 0.2) is 0 Å². The van der Waals surface area contributed by atoms with E-state index in [0.29, 0.717) is 25.6 Å². The lowest BCUT2D eigenvalue weighted by atomic mass is 10.4. The second kappa shape index (κ2) is 7.57. The van der Waals surface area contributed by atoms with Gasteiger partial charge < -0.3 is 10.1 Å². The molecular formula is C13H26N2O3S.